The number of fused-ring (bicyclic) bond motifs is 1. The van der Waals surface area contributed by atoms with E-state index in [4.69, 9.17) is 10.5 Å². The van der Waals surface area contributed by atoms with Gasteiger partial charge in [0.1, 0.15) is 11.6 Å². The molecule has 158 valence electrons. The lowest BCUT2D eigenvalue weighted by Crippen LogP contribution is -2.42. The second-order valence-electron chi connectivity index (χ2n) is 7.32. The summed E-state index contributed by atoms with van der Waals surface area (Å²) in [6.07, 6.45) is 7.86. The van der Waals surface area contributed by atoms with Gasteiger partial charge >= 0.3 is 0 Å². The maximum Gasteiger partial charge on any atom is 0.156 e. The van der Waals surface area contributed by atoms with Crippen LogP contribution in [0.3, 0.4) is 0 Å². The van der Waals surface area contributed by atoms with Crippen LogP contribution in [-0.4, -0.2) is 42.9 Å². The molecule has 7 nitrogen and oxygen atoms in total. The van der Waals surface area contributed by atoms with E-state index in [2.05, 4.69) is 37.8 Å². The topological polar surface area (TPSA) is 86.9 Å². The first-order valence-corrected chi connectivity index (χ1v) is 11.0. The van der Waals surface area contributed by atoms with E-state index in [0.717, 1.165) is 48.6 Å². The molecule has 8 heteroatoms. The minimum atomic E-state index is 0.0977. The van der Waals surface area contributed by atoms with Gasteiger partial charge in [-0.05, 0) is 43.0 Å². The van der Waals surface area contributed by atoms with Crippen molar-refractivity contribution >= 4 is 23.7 Å². The quantitative estimate of drug-likeness (QED) is 0.500. The number of piperidine rings is 1. The summed E-state index contributed by atoms with van der Waals surface area (Å²) in [5.74, 6) is 1.45. The lowest BCUT2D eigenvalue weighted by Gasteiger charge is -2.24. The minimum absolute atomic E-state index is 0.0977. The molecule has 1 saturated heterocycles. The SMILES string of the molecule is C=C(N=C/C=C(\N)C1=C(c2cccc(OC)c2)NC2SC=CN12)N[C@H]1CCCNC1. The summed E-state index contributed by atoms with van der Waals surface area (Å²) in [6, 6.07) is 8.33. The average Bonchev–Trinajstić information content (AvgIpc) is 3.35. The number of allylic oxidation sites excluding steroid dienone is 1. The van der Waals surface area contributed by atoms with Crippen LogP contribution in [0.2, 0.25) is 0 Å². The first-order valence-electron chi connectivity index (χ1n) is 10.1. The molecule has 0 aromatic heterocycles. The summed E-state index contributed by atoms with van der Waals surface area (Å²) in [4.78, 5) is 6.56. The Morgan fingerprint density at radius 1 is 1.47 bits per heavy atom. The van der Waals surface area contributed by atoms with Gasteiger partial charge in [-0.3, -0.25) is 0 Å². The highest BCUT2D eigenvalue weighted by atomic mass is 32.2. The maximum atomic E-state index is 6.50. The van der Waals surface area contributed by atoms with Gasteiger partial charge in [-0.15, -0.1) is 0 Å². The Bertz CT molecular complexity index is 916. The number of hydrogen-bond donors (Lipinski definition) is 4. The molecule has 3 heterocycles. The van der Waals surface area contributed by atoms with Gasteiger partial charge in [-0.2, -0.15) is 0 Å². The highest BCUT2D eigenvalue weighted by Gasteiger charge is 2.34. The van der Waals surface area contributed by atoms with Gasteiger partial charge in [0.25, 0.3) is 0 Å². The van der Waals surface area contributed by atoms with Crippen LogP contribution in [0.1, 0.15) is 18.4 Å². The fourth-order valence-electron chi connectivity index (χ4n) is 3.76. The Kier molecular flexibility index (Phi) is 6.35. The Morgan fingerprint density at radius 3 is 3.17 bits per heavy atom. The number of benzene rings is 1. The van der Waals surface area contributed by atoms with Crippen molar-refractivity contribution in [3.8, 4) is 5.75 Å². The normalized spacial score (nSPS) is 23.6. The van der Waals surface area contributed by atoms with Crippen molar-refractivity contribution in [2.24, 2.45) is 10.7 Å². The lowest BCUT2D eigenvalue weighted by molar-refractivity contribution is 0.413. The van der Waals surface area contributed by atoms with Crippen LogP contribution in [0.25, 0.3) is 5.70 Å². The van der Waals surface area contributed by atoms with E-state index in [1.807, 2.05) is 36.5 Å². The van der Waals surface area contributed by atoms with Gasteiger partial charge in [0.05, 0.1) is 24.2 Å². The van der Waals surface area contributed by atoms with Gasteiger partial charge in [0, 0.05) is 30.6 Å². The fraction of sp³-hybridized carbons (Fsp3) is 0.318. The van der Waals surface area contributed by atoms with Gasteiger partial charge in [-0.25, -0.2) is 4.99 Å². The summed E-state index contributed by atoms with van der Waals surface area (Å²) >= 11 is 1.71. The molecule has 1 fully saturated rings. The van der Waals surface area contributed by atoms with E-state index in [1.165, 1.54) is 0 Å². The van der Waals surface area contributed by atoms with Gasteiger partial charge in [-0.1, -0.05) is 30.5 Å². The van der Waals surface area contributed by atoms with E-state index in [9.17, 15) is 0 Å². The average molecular weight is 425 g/mol. The van der Waals surface area contributed by atoms with Crippen molar-refractivity contribution < 1.29 is 4.74 Å². The predicted octanol–water partition coefficient (Wildman–Crippen LogP) is 2.50. The number of nitrogens with zero attached hydrogens (tertiary/aromatic N) is 2. The molecule has 1 aromatic rings. The lowest BCUT2D eigenvalue weighted by atomic mass is 10.1. The second kappa shape index (κ2) is 9.32. The van der Waals surface area contributed by atoms with Crippen LogP contribution in [0.4, 0.5) is 0 Å². The number of hydrogen-bond acceptors (Lipinski definition) is 8. The van der Waals surface area contributed by atoms with E-state index in [0.29, 0.717) is 17.6 Å². The first kappa shape index (κ1) is 20.4. The zero-order valence-corrected chi connectivity index (χ0v) is 17.9. The van der Waals surface area contributed by atoms with Gasteiger partial charge in [0.15, 0.2) is 5.50 Å². The molecule has 0 saturated carbocycles. The largest absolute Gasteiger partial charge is 0.497 e. The van der Waals surface area contributed by atoms with Gasteiger partial charge < -0.3 is 31.3 Å². The van der Waals surface area contributed by atoms with Crippen molar-refractivity contribution in [1.29, 1.82) is 0 Å². The molecule has 0 radical (unpaired) electrons. The highest BCUT2D eigenvalue weighted by Crippen LogP contribution is 2.39. The summed E-state index contributed by atoms with van der Waals surface area (Å²) in [7, 11) is 1.67. The molecule has 0 spiro atoms. The molecule has 2 atom stereocenters. The van der Waals surface area contributed by atoms with E-state index < -0.39 is 0 Å². The molecule has 4 rings (SSSR count). The molecular weight excluding hydrogens is 396 g/mol. The Hall–Kier alpha value is -2.84. The number of thioether (sulfide) groups is 1. The van der Waals surface area contributed by atoms with Crippen LogP contribution in [0.5, 0.6) is 5.75 Å². The van der Waals surface area contributed by atoms with Crippen molar-refractivity contribution in [2.75, 3.05) is 20.2 Å². The van der Waals surface area contributed by atoms with E-state index >= 15 is 0 Å². The zero-order valence-electron chi connectivity index (χ0n) is 17.1. The minimum Gasteiger partial charge on any atom is -0.497 e. The molecule has 5 N–H and O–H groups in total. The van der Waals surface area contributed by atoms with E-state index in [1.54, 1.807) is 25.1 Å². The van der Waals surface area contributed by atoms with Crippen LogP contribution in [0.15, 0.2) is 70.7 Å². The predicted molar refractivity (Wildman–Crippen MR) is 124 cm³/mol. The maximum absolute atomic E-state index is 6.50. The Morgan fingerprint density at radius 2 is 2.37 bits per heavy atom. The smallest absolute Gasteiger partial charge is 0.156 e. The molecular formula is C22H28N6OS. The van der Waals surface area contributed by atoms with Crippen LogP contribution >= 0.6 is 11.8 Å². The number of nitrogens with two attached hydrogens (primary N) is 1. The first-order chi connectivity index (χ1) is 14.7. The number of rotatable bonds is 7. The molecule has 30 heavy (non-hydrogen) atoms. The third-order valence-electron chi connectivity index (χ3n) is 5.23. The van der Waals surface area contributed by atoms with Crippen LogP contribution < -0.4 is 26.4 Å². The highest BCUT2D eigenvalue weighted by molar-refractivity contribution is 8.02. The van der Waals surface area contributed by atoms with Crippen molar-refractivity contribution in [3.63, 3.8) is 0 Å². The number of aliphatic imine (C=N–C) groups is 1. The molecule has 3 aliphatic heterocycles. The molecule has 1 unspecified atom stereocenters. The Labute approximate surface area is 181 Å². The van der Waals surface area contributed by atoms with Crippen molar-refractivity contribution in [2.45, 2.75) is 24.4 Å². The van der Waals surface area contributed by atoms with Gasteiger partial charge in [0.2, 0.25) is 0 Å². The summed E-state index contributed by atoms with van der Waals surface area (Å²) in [6.45, 7) is 6.03. The zero-order chi connectivity index (χ0) is 20.9. The molecule has 1 aromatic carbocycles. The standard InChI is InChI=1S/C22H28N6OS/c1-15(26-17-6-4-9-24-14-17)25-10-8-19(23)21-20(27-22-28(21)11-12-30-22)16-5-3-7-18(13-16)29-2/h3,5,7-8,10-13,17,22,24,26-27H,1,4,6,9,14,23H2,2H3/b19-8-,25-10?/t17-,22?/m0/s1. The number of nitrogens with one attached hydrogen (secondary N) is 3. The summed E-state index contributed by atoms with van der Waals surface area (Å²) in [5, 5.41) is 12.4. The van der Waals surface area contributed by atoms with Crippen molar-refractivity contribution in [3.05, 3.63) is 71.3 Å². The molecule has 0 bridgehead atoms. The molecule has 0 aliphatic carbocycles. The summed E-state index contributed by atoms with van der Waals surface area (Å²) in [5.41, 5.74) is 10.2. The second-order valence-corrected chi connectivity index (χ2v) is 8.31. The molecule has 3 aliphatic rings. The number of ether oxygens (including phenoxy) is 1. The van der Waals surface area contributed by atoms with Crippen LogP contribution in [0, 0.1) is 0 Å². The summed E-state index contributed by atoms with van der Waals surface area (Å²) < 4.78 is 5.39. The third kappa shape index (κ3) is 4.49. The third-order valence-corrected chi connectivity index (χ3v) is 6.11. The molecule has 0 amide bonds. The number of methoxy groups -OCH3 is 1. The van der Waals surface area contributed by atoms with Crippen molar-refractivity contribution in [1.82, 2.24) is 20.9 Å². The Balaban J connectivity index is 1.53. The van der Waals surface area contributed by atoms with E-state index in [-0.39, 0.29) is 5.50 Å². The fourth-order valence-corrected chi connectivity index (χ4v) is 4.60. The van der Waals surface area contributed by atoms with Crippen LogP contribution in [-0.2, 0) is 0 Å². The monoisotopic (exact) mass is 424 g/mol.